The number of halogens is 2. The van der Waals surface area contributed by atoms with E-state index in [2.05, 4.69) is 90.1 Å². The van der Waals surface area contributed by atoms with Crippen LogP contribution in [0, 0.1) is 11.8 Å². The number of alkyl halides is 2. The van der Waals surface area contributed by atoms with Gasteiger partial charge in [0, 0.05) is 66.9 Å². The second-order valence-electron chi connectivity index (χ2n) is 21.6. The van der Waals surface area contributed by atoms with E-state index >= 15 is 0 Å². The van der Waals surface area contributed by atoms with Crippen molar-refractivity contribution in [2.24, 2.45) is 11.8 Å². The SMILES string of the molecule is CC(C)(C)S(=O)(=O)NC1CCC(C(=O)O)CC1.CCN(CC)CC.C[C@@H]1CN(c2ccc(N)cc2)C[C@H](C)O1.C[C@@H]1CN(c2ccc(NC(=O)C3CCC(NS(=O)(=O)C(C)(C)C)CC3)cc2)C[C@H](C)O1.ClCCl. The molecular weight excluding hydrogens is 1010 g/mol. The number of carbonyl (C=O) groups excluding carboxylic acids is 1. The summed E-state index contributed by atoms with van der Waals surface area (Å²) in [7, 11) is -6.70. The minimum Gasteiger partial charge on any atom is -0.481 e. The van der Waals surface area contributed by atoms with Crippen molar-refractivity contribution in [3.63, 3.8) is 0 Å². The van der Waals surface area contributed by atoms with Gasteiger partial charge in [-0.2, -0.15) is 0 Å². The number of carboxylic acids is 1. The summed E-state index contributed by atoms with van der Waals surface area (Å²) in [5.74, 6) is -1.16. The minimum absolute atomic E-state index is 0.0125. The molecule has 0 radical (unpaired) electrons. The largest absolute Gasteiger partial charge is 0.481 e. The normalized spacial score (nSPS) is 24.7. The summed E-state index contributed by atoms with van der Waals surface area (Å²) in [5, 5.41) is 12.1. The number of amides is 1. The van der Waals surface area contributed by atoms with Crippen LogP contribution in [0.3, 0.4) is 0 Å². The number of benzene rings is 2. The molecule has 4 fully saturated rings. The van der Waals surface area contributed by atoms with Gasteiger partial charge >= 0.3 is 5.97 Å². The number of carboxylic acid groups (broad SMARTS) is 1. The van der Waals surface area contributed by atoms with Gasteiger partial charge in [0.1, 0.15) is 0 Å². The summed E-state index contributed by atoms with van der Waals surface area (Å²) in [5.41, 5.74) is 9.63. The monoisotopic (exact) mass is 1110 g/mol. The van der Waals surface area contributed by atoms with Crippen molar-refractivity contribution in [3.05, 3.63) is 48.5 Å². The topological polar surface area (TPSA) is 213 Å². The summed E-state index contributed by atoms with van der Waals surface area (Å²) >= 11 is 9.53. The fraction of sp³-hybridized carbons (Fsp3) is 0.736. The number of nitrogens with one attached hydrogen (secondary N) is 3. The molecule has 2 aliphatic heterocycles. The van der Waals surface area contributed by atoms with Crippen LogP contribution in [0.15, 0.2) is 48.5 Å². The van der Waals surface area contributed by atoms with Crippen LogP contribution < -0.4 is 30.3 Å². The Morgan fingerprint density at radius 1 is 0.616 bits per heavy atom. The van der Waals surface area contributed by atoms with E-state index in [1.165, 1.54) is 25.3 Å². The summed E-state index contributed by atoms with van der Waals surface area (Å²) in [6, 6.07) is 15.8. The van der Waals surface area contributed by atoms with Crippen molar-refractivity contribution < 1.29 is 41.0 Å². The number of nitrogen functional groups attached to an aromatic ring is 1. The molecule has 420 valence electrons. The van der Waals surface area contributed by atoms with Crippen LogP contribution in [0.1, 0.15) is 141 Å². The molecule has 0 unspecified atom stereocenters. The molecule has 0 bridgehead atoms. The molecule has 2 saturated heterocycles. The number of hydrogen-bond acceptors (Lipinski definition) is 12. The summed E-state index contributed by atoms with van der Waals surface area (Å²) in [6.07, 6.45) is 6.03. The molecule has 0 aromatic heterocycles. The maximum atomic E-state index is 12.7. The van der Waals surface area contributed by atoms with Crippen LogP contribution in [0.2, 0.25) is 0 Å². The molecule has 1 amide bonds. The highest BCUT2D eigenvalue weighted by Crippen LogP contribution is 2.30. The molecule has 2 heterocycles. The van der Waals surface area contributed by atoms with E-state index in [1.54, 1.807) is 41.5 Å². The third-order valence-electron chi connectivity index (χ3n) is 13.4. The quantitative estimate of drug-likeness (QED) is 0.0991. The lowest BCUT2D eigenvalue weighted by atomic mass is 9.86. The maximum Gasteiger partial charge on any atom is 0.306 e. The van der Waals surface area contributed by atoms with E-state index in [9.17, 15) is 26.4 Å². The van der Waals surface area contributed by atoms with Gasteiger partial charge in [0.25, 0.3) is 0 Å². The van der Waals surface area contributed by atoms with Gasteiger partial charge in [-0.3, -0.25) is 9.59 Å². The van der Waals surface area contributed by atoms with E-state index < -0.39 is 35.5 Å². The molecule has 20 heteroatoms. The number of carbonyl (C=O) groups is 2. The number of nitrogens with two attached hydrogens (primary N) is 1. The van der Waals surface area contributed by atoms with Crippen LogP contribution in [0.4, 0.5) is 22.7 Å². The smallest absolute Gasteiger partial charge is 0.306 e. The lowest BCUT2D eigenvalue weighted by molar-refractivity contribution is -0.142. The zero-order valence-electron chi connectivity index (χ0n) is 46.3. The highest BCUT2D eigenvalue weighted by atomic mass is 35.5. The fourth-order valence-electron chi connectivity index (χ4n) is 8.86. The molecule has 6 N–H and O–H groups in total. The Balaban J connectivity index is 0.000000366. The minimum atomic E-state index is -3.37. The maximum absolute atomic E-state index is 12.7. The highest BCUT2D eigenvalue weighted by Gasteiger charge is 2.36. The van der Waals surface area contributed by atoms with Crippen LogP contribution in [-0.4, -0.2) is 136 Å². The zero-order valence-corrected chi connectivity index (χ0v) is 49.4. The molecule has 2 aromatic carbocycles. The van der Waals surface area contributed by atoms with Gasteiger partial charge in [-0.1, -0.05) is 20.8 Å². The zero-order chi connectivity index (χ0) is 55.3. The van der Waals surface area contributed by atoms with Crippen molar-refractivity contribution in [1.29, 1.82) is 0 Å². The summed E-state index contributed by atoms with van der Waals surface area (Å²) in [4.78, 5) is 30.5. The van der Waals surface area contributed by atoms with Crippen LogP contribution >= 0.6 is 23.2 Å². The van der Waals surface area contributed by atoms with Crippen molar-refractivity contribution >= 4 is 77.9 Å². The molecule has 0 spiro atoms. The highest BCUT2D eigenvalue weighted by molar-refractivity contribution is 7.91. The van der Waals surface area contributed by atoms with Crippen LogP contribution in [0.25, 0.3) is 0 Å². The van der Waals surface area contributed by atoms with Crippen LogP contribution in [0.5, 0.6) is 0 Å². The first-order chi connectivity index (χ1) is 34.0. The number of hydrogen-bond donors (Lipinski definition) is 5. The number of nitrogens with zero attached hydrogens (tertiary/aromatic N) is 3. The second-order valence-corrected chi connectivity index (χ2v) is 27.3. The predicted octanol–water partition coefficient (Wildman–Crippen LogP) is 9.52. The molecule has 16 nitrogen and oxygen atoms in total. The Hall–Kier alpha value is -2.94. The average molecular weight is 1110 g/mol. The third kappa shape index (κ3) is 23.5. The molecule has 2 aromatic rings. The Bertz CT molecular complexity index is 2100. The predicted molar refractivity (Wildman–Crippen MR) is 303 cm³/mol. The number of ether oxygens (including phenoxy) is 2. The Kier molecular flexibility index (Phi) is 28.4. The van der Waals surface area contributed by atoms with Gasteiger partial charge in [-0.25, -0.2) is 26.3 Å². The standard InChI is InChI=1S/C23H37N3O4S.C12H18N2O.C11H21NO4S.C6H15N.CH2Cl2/c1-16-14-26(15-17(2)30-16)21-12-10-19(11-13-21)24-22(27)18-6-8-20(9-7-18)25-31(28,29)23(3,4)5;1-9-7-14(8-10(2)15-9)12-5-3-11(13)4-6-12;1-11(2,3)17(15,16)12-9-6-4-8(5-7-9)10(13)14;1-4-7(5-2)6-3;2-1-3/h10-13,16-18,20,25H,6-9,14-15H2,1-5H3,(H,24,27);3-6,9-10H,7-8,13H2,1-2H3;8-9,12H,4-7H2,1-3H3,(H,13,14);4-6H2,1-3H3;1H2/t16-,17+,18?,20?;9-,10+;;;. The first-order valence-corrected chi connectivity index (χ1v) is 30.2. The van der Waals surface area contributed by atoms with E-state index in [0.717, 1.165) is 43.2 Å². The number of morpholine rings is 2. The number of anilines is 4. The Morgan fingerprint density at radius 3 is 1.22 bits per heavy atom. The van der Waals surface area contributed by atoms with Gasteiger partial charge in [0.15, 0.2) is 0 Å². The van der Waals surface area contributed by atoms with Crippen molar-refractivity contribution in [2.75, 3.05) is 72.0 Å². The van der Waals surface area contributed by atoms with Crippen molar-refractivity contribution in [3.8, 4) is 0 Å². The van der Waals surface area contributed by atoms with E-state index in [1.807, 2.05) is 36.4 Å². The van der Waals surface area contributed by atoms with Gasteiger partial charge in [-0.15, -0.1) is 23.2 Å². The fourth-order valence-corrected chi connectivity index (χ4v) is 10.9. The molecule has 2 aliphatic carbocycles. The average Bonchev–Trinajstić information content (AvgIpc) is 3.30. The van der Waals surface area contributed by atoms with E-state index in [-0.39, 0.29) is 47.4 Å². The number of aliphatic carboxylic acids is 1. The molecule has 4 atom stereocenters. The first kappa shape index (κ1) is 66.2. The van der Waals surface area contributed by atoms with E-state index in [4.69, 9.17) is 43.5 Å². The van der Waals surface area contributed by atoms with Gasteiger partial charge in [0.05, 0.1) is 45.2 Å². The summed E-state index contributed by atoms with van der Waals surface area (Å²) < 4.78 is 63.9. The molecule has 6 rings (SSSR count). The molecule has 73 heavy (non-hydrogen) atoms. The van der Waals surface area contributed by atoms with Crippen molar-refractivity contribution in [2.45, 2.75) is 187 Å². The van der Waals surface area contributed by atoms with Gasteiger partial charge in [-0.05, 0) is 189 Å². The van der Waals surface area contributed by atoms with E-state index in [0.29, 0.717) is 63.6 Å². The van der Waals surface area contributed by atoms with Gasteiger partial charge in [0.2, 0.25) is 26.0 Å². The summed E-state index contributed by atoms with van der Waals surface area (Å²) in [6.45, 7) is 32.2. The van der Waals surface area contributed by atoms with Gasteiger partial charge < -0.3 is 40.3 Å². The van der Waals surface area contributed by atoms with Crippen molar-refractivity contribution in [1.82, 2.24) is 14.3 Å². The Morgan fingerprint density at radius 2 is 0.932 bits per heavy atom. The third-order valence-corrected chi connectivity index (χ3v) is 17.9. The molecule has 4 aliphatic rings. The lowest BCUT2D eigenvalue weighted by Gasteiger charge is -2.37. The molecular formula is C53H93Cl2N7O9S2. The lowest BCUT2D eigenvalue weighted by Crippen LogP contribution is -2.46. The molecule has 2 saturated carbocycles. The number of sulfonamides is 2. The Labute approximate surface area is 450 Å². The second kappa shape index (κ2) is 31.3. The number of rotatable bonds is 12. The van der Waals surface area contributed by atoms with Crippen LogP contribution in [-0.2, 0) is 39.1 Å². The first-order valence-electron chi connectivity index (χ1n) is 26.2.